The van der Waals surface area contributed by atoms with Gasteiger partial charge < -0.3 is 10.0 Å². The van der Waals surface area contributed by atoms with Gasteiger partial charge in [-0.1, -0.05) is 12.1 Å². The van der Waals surface area contributed by atoms with Crippen molar-refractivity contribution in [3.63, 3.8) is 0 Å². The van der Waals surface area contributed by atoms with Crippen LogP contribution in [0.2, 0.25) is 0 Å². The summed E-state index contributed by atoms with van der Waals surface area (Å²) in [5.41, 5.74) is 1.15. The molecule has 0 aliphatic rings. The van der Waals surface area contributed by atoms with Crippen LogP contribution in [0.5, 0.6) is 0 Å². The molecule has 0 aliphatic carbocycles. The number of thioether (sulfide) groups is 1. The summed E-state index contributed by atoms with van der Waals surface area (Å²) in [6, 6.07) is 4.82. The molecule has 0 amide bonds. The minimum atomic E-state index is -0.651. The van der Waals surface area contributed by atoms with Crippen molar-refractivity contribution in [1.82, 2.24) is 0 Å². The monoisotopic (exact) mass is 243 g/mol. The number of benzene rings is 1. The molecule has 1 aromatic rings. The molecule has 90 valence electrons. The van der Waals surface area contributed by atoms with E-state index in [0.29, 0.717) is 11.3 Å². The Labute approximate surface area is 100 Å². The number of hydrogen-bond donors (Lipinski definition) is 1. The molecule has 16 heavy (non-hydrogen) atoms. The van der Waals surface area contributed by atoms with Gasteiger partial charge in [-0.3, -0.25) is 0 Å². The third-order valence-electron chi connectivity index (χ3n) is 2.48. The van der Waals surface area contributed by atoms with Crippen molar-refractivity contribution in [1.29, 1.82) is 0 Å². The van der Waals surface area contributed by atoms with Gasteiger partial charge >= 0.3 is 0 Å². The lowest BCUT2D eigenvalue weighted by molar-refractivity contribution is 0.199. The number of aliphatic hydroxyl groups is 1. The zero-order valence-corrected chi connectivity index (χ0v) is 10.7. The van der Waals surface area contributed by atoms with Gasteiger partial charge in [-0.15, -0.1) is 0 Å². The van der Waals surface area contributed by atoms with Crippen LogP contribution in [0.25, 0.3) is 0 Å². The lowest BCUT2D eigenvalue weighted by atomic mass is 10.1. The zero-order valence-electron chi connectivity index (χ0n) is 9.90. The van der Waals surface area contributed by atoms with Gasteiger partial charge in [0.05, 0.1) is 11.8 Å². The van der Waals surface area contributed by atoms with Gasteiger partial charge in [0.2, 0.25) is 0 Å². The normalized spacial score (nSPS) is 12.6. The lowest BCUT2D eigenvalue weighted by Gasteiger charge is -2.23. The highest BCUT2D eigenvalue weighted by molar-refractivity contribution is 7.98. The van der Waals surface area contributed by atoms with Crippen LogP contribution in [0.4, 0.5) is 10.1 Å². The second-order valence-electron chi connectivity index (χ2n) is 3.77. The van der Waals surface area contributed by atoms with Crippen LogP contribution in [0, 0.1) is 5.82 Å². The molecule has 0 heterocycles. The Morgan fingerprint density at radius 2 is 2.19 bits per heavy atom. The van der Waals surface area contributed by atoms with Crippen molar-refractivity contribution < 1.29 is 9.50 Å². The summed E-state index contributed by atoms with van der Waals surface area (Å²) < 4.78 is 13.7. The average molecular weight is 243 g/mol. The van der Waals surface area contributed by atoms with E-state index in [2.05, 4.69) is 0 Å². The number of anilines is 1. The molecule has 1 atom stereocenters. The summed E-state index contributed by atoms with van der Waals surface area (Å²) in [7, 11) is 1.85. The van der Waals surface area contributed by atoms with E-state index in [1.807, 2.05) is 18.2 Å². The Bertz CT molecular complexity index is 344. The van der Waals surface area contributed by atoms with E-state index in [1.165, 1.54) is 6.07 Å². The molecule has 0 aromatic heterocycles. The molecule has 1 rings (SSSR count). The highest BCUT2D eigenvalue weighted by atomic mass is 32.2. The minimum absolute atomic E-state index is 0.276. The molecule has 0 saturated carbocycles. The number of halogens is 1. The summed E-state index contributed by atoms with van der Waals surface area (Å²) in [5.74, 6) is 0.659. The molecule has 1 unspecified atom stereocenters. The molecule has 0 bridgehead atoms. The third-order valence-corrected chi connectivity index (χ3v) is 3.07. The van der Waals surface area contributed by atoms with Crippen LogP contribution in [0.15, 0.2) is 18.2 Å². The first-order valence-electron chi connectivity index (χ1n) is 5.24. The topological polar surface area (TPSA) is 23.5 Å². The third kappa shape index (κ3) is 3.12. The van der Waals surface area contributed by atoms with E-state index in [-0.39, 0.29) is 5.82 Å². The maximum Gasteiger partial charge on any atom is 0.146 e. The van der Waals surface area contributed by atoms with Gasteiger partial charge in [-0.05, 0) is 19.2 Å². The Kier molecular flexibility index (Phi) is 5.09. The van der Waals surface area contributed by atoms with E-state index in [4.69, 9.17) is 0 Å². The van der Waals surface area contributed by atoms with Crippen molar-refractivity contribution in [3.05, 3.63) is 29.6 Å². The van der Waals surface area contributed by atoms with Crippen LogP contribution < -0.4 is 4.90 Å². The Balaban J connectivity index is 3.00. The number of nitrogens with zero attached hydrogens (tertiary/aromatic N) is 1. The summed E-state index contributed by atoms with van der Waals surface area (Å²) in [6.45, 7) is 2.42. The van der Waals surface area contributed by atoms with Crippen LogP contribution in [0.3, 0.4) is 0 Å². The Morgan fingerprint density at radius 3 is 2.75 bits per heavy atom. The summed E-state index contributed by atoms with van der Waals surface area (Å²) in [5, 5.41) is 9.60. The molecule has 0 aliphatic heterocycles. The first-order chi connectivity index (χ1) is 7.57. The quantitative estimate of drug-likeness (QED) is 0.860. The molecule has 0 radical (unpaired) electrons. The molecule has 4 heteroatoms. The summed E-state index contributed by atoms with van der Waals surface area (Å²) in [6.07, 6.45) is 1.37. The van der Waals surface area contributed by atoms with Crippen molar-refractivity contribution in [2.75, 3.05) is 30.5 Å². The van der Waals surface area contributed by atoms with E-state index in [0.717, 1.165) is 12.3 Å². The second-order valence-corrected chi connectivity index (χ2v) is 4.75. The van der Waals surface area contributed by atoms with Crippen LogP contribution in [-0.2, 0) is 0 Å². The number of para-hydroxylation sites is 1. The van der Waals surface area contributed by atoms with Crippen LogP contribution in [-0.4, -0.2) is 30.7 Å². The number of rotatable bonds is 5. The van der Waals surface area contributed by atoms with Gasteiger partial charge in [-0.25, -0.2) is 4.39 Å². The summed E-state index contributed by atoms with van der Waals surface area (Å²) in [4.78, 5) is 1.86. The number of hydrogen-bond acceptors (Lipinski definition) is 3. The van der Waals surface area contributed by atoms with Crippen molar-refractivity contribution in [3.8, 4) is 0 Å². The van der Waals surface area contributed by atoms with Crippen LogP contribution in [0.1, 0.15) is 18.6 Å². The smallest absolute Gasteiger partial charge is 0.146 e. The van der Waals surface area contributed by atoms with Crippen LogP contribution >= 0.6 is 11.8 Å². The number of aliphatic hydroxyl groups excluding tert-OH is 1. The zero-order chi connectivity index (χ0) is 12.1. The molecule has 1 N–H and O–H groups in total. The lowest BCUT2D eigenvalue weighted by Crippen LogP contribution is -2.23. The molecule has 0 spiro atoms. The van der Waals surface area contributed by atoms with Gasteiger partial charge in [0.15, 0.2) is 0 Å². The van der Waals surface area contributed by atoms with Gasteiger partial charge in [0, 0.05) is 24.9 Å². The predicted octanol–water partition coefficient (Wildman–Crippen LogP) is 2.68. The maximum atomic E-state index is 13.7. The van der Waals surface area contributed by atoms with Crippen molar-refractivity contribution in [2.45, 2.75) is 13.0 Å². The summed E-state index contributed by atoms with van der Waals surface area (Å²) >= 11 is 1.72. The largest absolute Gasteiger partial charge is 0.389 e. The molecule has 1 aromatic carbocycles. The average Bonchev–Trinajstić information content (AvgIpc) is 2.25. The van der Waals surface area contributed by atoms with E-state index in [9.17, 15) is 9.50 Å². The molecular weight excluding hydrogens is 225 g/mol. The highest BCUT2D eigenvalue weighted by Crippen LogP contribution is 2.28. The second kappa shape index (κ2) is 6.11. The maximum absolute atomic E-state index is 13.7. The van der Waals surface area contributed by atoms with Gasteiger partial charge in [0.25, 0.3) is 0 Å². The van der Waals surface area contributed by atoms with Crippen molar-refractivity contribution in [2.24, 2.45) is 0 Å². The molecular formula is C12H18FNOS. The van der Waals surface area contributed by atoms with Crippen molar-refractivity contribution >= 4 is 17.4 Å². The first kappa shape index (κ1) is 13.3. The van der Waals surface area contributed by atoms with E-state index < -0.39 is 6.10 Å². The van der Waals surface area contributed by atoms with E-state index in [1.54, 1.807) is 30.8 Å². The first-order valence-corrected chi connectivity index (χ1v) is 6.64. The molecule has 2 nitrogen and oxygen atoms in total. The fourth-order valence-electron chi connectivity index (χ4n) is 1.61. The highest BCUT2D eigenvalue weighted by Gasteiger charge is 2.15. The molecule has 0 fully saturated rings. The fraction of sp³-hybridized carbons (Fsp3) is 0.500. The standard InChI is InChI=1S/C12H18FNOS/c1-9(15)10-5-4-6-11(13)12(10)14(2)7-8-16-3/h4-6,9,15H,7-8H2,1-3H3. The Hall–Kier alpha value is -0.740. The SMILES string of the molecule is CSCCN(C)c1c(F)cccc1C(C)O. The van der Waals surface area contributed by atoms with Gasteiger partial charge in [-0.2, -0.15) is 11.8 Å². The van der Waals surface area contributed by atoms with E-state index >= 15 is 0 Å². The molecule has 0 saturated heterocycles. The fourth-order valence-corrected chi connectivity index (χ4v) is 2.07. The van der Waals surface area contributed by atoms with Gasteiger partial charge in [0.1, 0.15) is 5.82 Å². The predicted molar refractivity (Wildman–Crippen MR) is 68.7 cm³/mol. The minimum Gasteiger partial charge on any atom is -0.389 e. The Morgan fingerprint density at radius 1 is 1.50 bits per heavy atom.